The van der Waals surface area contributed by atoms with Gasteiger partial charge in [0.25, 0.3) is 0 Å². The zero-order valence-corrected chi connectivity index (χ0v) is 19.1. The van der Waals surface area contributed by atoms with E-state index in [0.29, 0.717) is 4.75 Å². The number of amides is 1. The first-order valence-corrected chi connectivity index (χ1v) is 10.0. The summed E-state index contributed by atoms with van der Waals surface area (Å²) in [7, 11) is 0. The molecule has 1 aromatic rings. The maximum absolute atomic E-state index is 11.0. The summed E-state index contributed by atoms with van der Waals surface area (Å²) in [5.74, 6) is 2.10. The molecule has 5 nitrogen and oxygen atoms in total. The molecule has 0 aliphatic carbocycles. The van der Waals surface area contributed by atoms with Crippen molar-refractivity contribution < 1.29 is 4.79 Å². The number of nitrogens with zero attached hydrogens (tertiary/aromatic N) is 1. The lowest BCUT2D eigenvalue weighted by atomic mass is 10.1. The van der Waals surface area contributed by atoms with E-state index in [-0.39, 0.29) is 29.9 Å². The first kappa shape index (κ1) is 23.1. The van der Waals surface area contributed by atoms with E-state index in [1.165, 1.54) is 31.1 Å². The minimum absolute atomic E-state index is 0. The Morgan fingerprint density at radius 1 is 1.27 bits per heavy atom. The Bertz CT molecular complexity index is 586. The van der Waals surface area contributed by atoms with Crippen molar-refractivity contribution in [3.05, 3.63) is 29.8 Å². The van der Waals surface area contributed by atoms with Gasteiger partial charge in [0, 0.05) is 30.4 Å². The van der Waals surface area contributed by atoms with E-state index in [4.69, 9.17) is 4.99 Å². The lowest BCUT2D eigenvalue weighted by Gasteiger charge is -2.21. The zero-order chi connectivity index (χ0) is 18.1. The van der Waals surface area contributed by atoms with Gasteiger partial charge in [0.05, 0.1) is 6.54 Å². The van der Waals surface area contributed by atoms with Gasteiger partial charge in [-0.25, -0.2) is 0 Å². The van der Waals surface area contributed by atoms with Gasteiger partial charge in [-0.2, -0.15) is 11.8 Å². The van der Waals surface area contributed by atoms with E-state index in [0.717, 1.165) is 37.7 Å². The minimum atomic E-state index is -0.0463. The molecule has 0 radical (unpaired) electrons. The molecule has 2 rings (SSSR count). The number of anilines is 1. The van der Waals surface area contributed by atoms with Gasteiger partial charge < -0.3 is 16.0 Å². The third-order valence-electron chi connectivity index (χ3n) is 4.20. The molecule has 1 saturated heterocycles. The van der Waals surface area contributed by atoms with Crippen molar-refractivity contribution in [1.82, 2.24) is 10.6 Å². The molecule has 1 fully saturated rings. The molecule has 1 aliphatic heterocycles. The first-order chi connectivity index (χ1) is 12.0. The summed E-state index contributed by atoms with van der Waals surface area (Å²) in [4.78, 5) is 15.8. The molecule has 1 amide bonds. The Labute approximate surface area is 178 Å². The SMILES string of the molecule is CCNC(=NCC1(C)CCCS1)NCCc1ccc(NC(C)=O)cc1.I. The largest absolute Gasteiger partial charge is 0.357 e. The lowest BCUT2D eigenvalue weighted by molar-refractivity contribution is -0.114. The van der Waals surface area contributed by atoms with Crippen LogP contribution in [0.25, 0.3) is 0 Å². The topological polar surface area (TPSA) is 65.5 Å². The van der Waals surface area contributed by atoms with E-state index in [9.17, 15) is 4.79 Å². The second kappa shape index (κ2) is 11.7. The minimum Gasteiger partial charge on any atom is -0.357 e. The quantitative estimate of drug-likeness (QED) is 0.310. The van der Waals surface area contributed by atoms with Crippen LogP contribution in [0.4, 0.5) is 5.69 Å². The fourth-order valence-electron chi connectivity index (χ4n) is 2.83. The van der Waals surface area contributed by atoms with Gasteiger partial charge in [-0.3, -0.25) is 9.79 Å². The van der Waals surface area contributed by atoms with Gasteiger partial charge in [0.1, 0.15) is 0 Å². The predicted octanol–water partition coefficient (Wildman–Crippen LogP) is 3.65. The number of thioether (sulfide) groups is 1. The van der Waals surface area contributed by atoms with E-state index >= 15 is 0 Å². The van der Waals surface area contributed by atoms with Crippen LogP contribution >= 0.6 is 35.7 Å². The van der Waals surface area contributed by atoms with Gasteiger partial charge in [-0.05, 0) is 56.6 Å². The van der Waals surface area contributed by atoms with Crippen LogP contribution < -0.4 is 16.0 Å². The molecule has 1 unspecified atom stereocenters. The predicted molar refractivity (Wildman–Crippen MR) is 124 cm³/mol. The van der Waals surface area contributed by atoms with Crippen LogP contribution in [-0.4, -0.2) is 42.0 Å². The number of hydrogen-bond acceptors (Lipinski definition) is 3. The molecular weight excluding hydrogens is 459 g/mol. The summed E-state index contributed by atoms with van der Waals surface area (Å²) >= 11 is 2.04. The molecule has 3 N–H and O–H groups in total. The molecule has 1 aromatic carbocycles. The highest BCUT2D eigenvalue weighted by molar-refractivity contribution is 14.0. The Balaban J connectivity index is 0.00000338. The number of carbonyl (C=O) groups is 1. The fourth-order valence-corrected chi connectivity index (χ4v) is 4.06. The average molecular weight is 490 g/mol. The molecule has 1 aliphatic rings. The molecule has 1 atom stereocenters. The Kier molecular flexibility index (Phi) is 10.4. The fraction of sp³-hybridized carbons (Fsp3) is 0.579. The van der Waals surface area contributed by atoms with Gasteiger partial charge >= 0.3 is 0 Å². The summed E-state index contributed by atoms with van der Waals surface area (Å²) in [6.07, 6.45) is 3.47. The maximum Gasteiger partial charge on any atom is 0.221 e. The van der Waals surface area contributed by atoms with Crippen LogP contribution in [0.5, 0.6) is 0 Å². The second-order valence-corrected chi connectivity index (χ2v) is 8.33. The number of halogens is 1. The van der Waals surface area contributed by atoms with Crippen LogP contribution in [0.1, 0.15) is 39.2 Å². The summed E-state index contributed by atoms with van der Waals surface area (Å²) in [6, 6.07) is 7.98. The lowest BCUT2D eigenvalue weighted by Crippen LogP contribution is -2.39. The molecule has 146 valence electrons. The van der Waals surface area contributed by atoms with Crippen molar-refractivity contribution in [2.24, 2.45) is 4.99 Å². The average Bonchev–Trinajstić information content (AvgIpc) is 3.01. The Morgan fingerprint density at radius 2 is 2.00 bits per heavy atom. The Morgan fingerprint density at radius 3 is 2.58 bits per heavy atom. The van der Waals surface area contributed by atoms with Crippen LogP contribution in [0, 0.1) is 0 Å². The smallest absolute Gasteiger partial charge is 0.221 e. The molecular formula is C19H31IN4OS. The molecule has 0 bridgehead atoms. The van der Waals surface area contributed by atoms with Gasteiger partial charge in [-0.15, -0.1) is 24.0 Å². The number of hydrogen-bond donors (Lipinski definition) is 3. The van der Waals surface area contributed by atoms with Crippen molar-refractivity contribution in [3.63, 3.8) is 0 Å². The third kappa shape index (κ3) is 8.16. The van der Waals surface area contributed by atoms with Gasteiger partial charge in [0.2, 0.25) is 5.91 Å². The molecule has 1 heterocycles. The van der Waals surface area contributed by atoms with Gasteiger partial charge in [-0.1, -0.05) is 12.1 Å². The van der Waals surface area contributed by atoms with Crippen LogP contribution in [-0.2, 0) is 11.2 Å². The van der Waals surface area contributed by atoms with E-state index in [2.05, 4.69) is 29.8 Å². The highest BCUT2D eigenvalue weighted by Crippen LogP contribution is 2.37. The van der Waals surface area contributed by atoms with Crippen LogP contribution in [0.2, 0.25) is 0 Å². The van der Waals surface area contributed by atoms with E-state index in [1.807, 2.05) is 36.0 Å². The molecule has 0 saturated carbocycles. The van der Waals surface area contributed by atoms with Crippen molar-refractivity contribution >= 4 is 53.3 Å². The summed E-state index contributed by atoms with van der Waals surface area (Å²) in [5, 5.41) is 9.52. The number of aliphatic imine (C=N–C) groups is 1. The van der Waals surface area contributed by atoms with Crippen molar-refractivity contribution in [2.75, 3.05) is 30.7 Å². The standard InChI is InChI=1S/C19H30N4OS.HI/c1-4-20-18(22-14-19(3)11-5-13-25-19)21-12-10-16-6-8-17(9-7-16)23-15(2)24;/h6-9H,4-5,10-14H2,1-3H3,(H,23,24)(H2,20,21,22);1H. The molecule has 0 aromatic heterocycles. The van der Waals surface area contributed by atoms with Crippen LogP contribution in [0.15, 0.2) is 29.3 Å². The third-order valence-corrected chi connectivity index (χ3v) is 5.72. The molecule has 26 heavy (non-hydrogen) atoms. The summed E-state index contributed by atoms with van der Waals surface area (Å²) in [5.41, 5.74) is 2.07. The Hall–Kier alpha value is -0.960. The summed E-state index contributed by atoms with van der Waals surface area (Å²) < 4.78 is 0.294. The van der Waals surface area contributed by atoms with Crippen molar-refractivity contribution in [2.45, 2.75) is 44.8 Å². The molecule has 0 spiro atoms. The monoisotopic (exact) mass is 490 g/mol. The number of guanidine groups is 1. The van der Waals surface area contributed by atoms with Crippen molar-refractivity contribution in [1.29, 1.82) is 0 Å². The number of benzene rings is 1. The first-order valence-electron chi connectivity index (χ1n) is 9.03. The molecule has 7 heteroatoms. The highest BCUT2D eigenvalue weighted by Gasteiger charge is 2.29. The normalized spacial score (nSPS) is 19.6. The van der Waals surface area contributed by atoms with E-state index < -0.39 is 0 Å². The number of nitrogens with one attached hydrogen (secondary N) is 3. The van der Waals surface area contributed by atoms with E-state index in [1.54, 1.807) is 0 Å². The number of rotatable bonds is 7. The van der Waals surface area contributed by atoms with Crippen molar-refractivity contribution in [3.8, 4) is 0 Å². The van der Waals surface area contributed by atoms with Crippen LogP contribution in [0.3, 0.4) is 0 Å². The maximum atomic E-state index is 11.0. The number of carbonyl (C=O) groups excluding carboxylic acids is 1. The summed E-state index contributed by atoms with van der Waals surface area (Å²) in [6.45, 7) is 8.47. The van der Waals surface area contributed by atoms with Gasteiger partial charge in [0.15, 0.2) is 5.96 Å². The zero-order valence-electron chi connectivity index (χ0n) is 15.9. The second-order valence-electron chi connectivity index (χ2n) is 6.65. The highest BCUT2D eigenvalue weighted by atomic mass is 127.